The van der Waals surface area contributed by atoms with Crippen molar-refractivity contribution in [2.75, 3.05) is 20.2 Å². The Balaban J connectivity index is 2.09. The number of ether oxygens (including phenoxy) is 1. The van der Waals surface area contributed by atoms with Crippen LogP contribution in [0.25, 0.3) is 0 Å². The molecule has 2 N–H and O–H groups in total. The number of hydrogen-bond donors (Lipinski definition) is 2. The smallest absolute Gasteiger partial charge is 0.272 e. The van der Waals surface area contributed by atoms with Crippen molar-refractivity contribution in [1.82, 2.24) is 10.4 Å². The SMILES string of the molecule is COc1ccc(C(=O)N2CCC=C(C(=O)NO)C2)cc1. The lowest BCUT2D eigenvalue weighted by Crippen LogP contribution is -2.39. The van der Waals surface area contributed by atoms with E-state index in [9.17, 15) is 9.59 Å². The highest BCUT2D eigenvalue weighted by molar-refractivity contribution is 5.97. The van der Waals surface area contributed by atoms with E-state index in [1.165, 1.54) is 0 Å². The lowest BCUT2D eigenvalue weighted by atomic mass is 10.1. The maximum atomic E-state index is 12.3. The zero-order chi connectivity index (χ0) is 14.5. The summed E-state index contributed by atoms with van der Waals surface area (Å²) in [4.78, 5) is 25.3. The number of methoxy groups -OCH3 is 1. The van der Waals surface area contributed by atoms with Crippen molar-refractivity contribution >= 4 is 11.8 Å². The Morgan fingerprint density at radius 3 is 2.60 bits per heavy atom. The van der Waals surface area contributed by atoms with Gasteiger partial charge in [-0.1, -0.05) is 6.08 Å². The maximum Gasteiger partial charge on any atom is 0.272 e. The minimum Gasteiger partial charge on any atom is -0.497 e. The van der Waals surface area contributed by atoms with E-state index in [1.807, 2.05) is 0 Å². The lowest BCUT2D eigenvalue weighted by Gasteiger charge is -2.26. The van der Waals surface area contributed by atoms with E-state index in [1.54, 1.807) is 47.8 Å². The molecule has 0 saturated heterocycles. The van der Waals surface area contributed by atoms with E-state index >= 15 is 0 Å². The highest BCUT2D eigenvalue weighted by atomic mass is 16.5. The third-order valence-electron chi connectivity index (χ3n) is 3.17. The molecular weight excluding hydrogens is 260 g/mol. The van der Waals surface area contributed by atoms with Gasteiger partial charge in [-0.25, -0.2) is 5.48 Å². The molecule has 1 aromatic rings. The van der Waals surface area contributed by atoms with Gasteiger partial charge < -0.3 is 9.64 Å². The van der Waals surface area contributed by atoms with E-state index in [0.29, 0.717) is 29.9 Å². The molecule has 0 saturated carbocycles. The Hall–Kier alpha value is -2.34. The summed E-state index contributed by atoms with van der Waals surface area (Å²) in [5, 5.41) is 8.63. The number of hydroxylamine groups is 1. The molecule has 0 radical (unpaired) electrons. The highest BCUT2D eigenvalue weighted by Crippen LogP contribution is 2.16. The predicted molar refractivity (Wildman–Crippen MR) is 71.5 cm³/mol. The highest BCUT2D eigenvalue weighted by Gasteiger charge is 2.22. The van der Waals surface area contributed by atoms with Gasteiger partial charge in [0.2, 0.25) is 0 Å². The van der Waals surface area contributed by atoms with Crippen LogP contribution in [0.2, 0.25) is 0 Å². The van der Waals surface area contributed by atoms with Crippen molar-refractivity contribution in [2.45, 2.75) is 6.42 Å². The molecule has 6 heteroatoms. The summed E-state index contributed by atoms with van der Waals surface area (Å²) in [6, 6.07) is 6.80. The van der Waals surface area contributed by atoms with Crippen LogP contribution in [0.15, 0.2) is 35.9 Å². The Kier molecular flexibility index (Phi) is 4.37. The first kappa shape index (κ1) is 14.1. The lowest BCUT2D eigenvalue weighted by molar-refractivity contribution is -0.125. The van der Waals surface area contributed by atoms with Crippen LogP contribution in [0.3, 0.4) is 0 Å². The Labute approximate surface area is 116 Å². The average molecular weight is 276 g/mol. The number of benzene rings is 1. The molecule has 0 aromatic heterocycles. The zero-order valence-electron chi connectivity index (χ0n) is 11.1. The molecule has 0 aliphatic carbocycles. The molecule has 0 unspecified atom stereocenters. The summed E-state index contributed by atoms with van der Waals surface area (Å²) in [6.07, 6.45) is 2.31. The molecule has 20 heavy (non-hydrogen) atoms. The summed E-state index contributed by atoms with van der Waals surface area (Å²) < 4.78 is 5.04. The molecule has 6 nitrogen and oxygen atoms in total. The first-order valence-electron chi connectivity index (χ1n) is 6.22. The molecular formula is C14H16N2O4. The van der Waals surface area contributed by atoms with E-state index in [-0.39, 0.29) is 12.5 Å². The molecule has 1 aliphatic rings. The molecule has 0 spiro atoms. The monoisotopic (exact) mass is 276 g/mol. The number of carbonyl (C=O) groups is 2. The molecule has 1 aliphatic heterocycles. The predicted octanol–water partition coefficient (Wildman–Crippen LogP) is 0.973. The minimum atomic E-state index is -0.572. The summed E-state index contributed by atoms with van der Waals surface area (Å²) in [5.74, 6) is -0.0401. The Morgan fingerprint density at radius 2 is 2.00 bits per heavy atom. The number of nitrogens with one attached hydrogen (secondary N) is 1. The summed E-state index contributed by atoms with van der Waals surface area (Å²) in [5.41, 5.74) is 2.52. The normalized spacial score (nSPS) is 14.5. The summed E-state index contributed by atoms with van der Waals surface area (Å²) >= 11 is 0. The van der Waals surface area contributed by atoms with Crippen molar-refractivity contribution in [3.05, 3.63) is 41.5 Å². The molecule has 0 atom stereocenters. The molecule has 2 amide bonds. The van der Waals surface area contributed by atoms with E-state index in [0.717, 1.165) is 0 Å². The van der Waals surface area contributed by atoms with E-state index in [4.69, 9.17) is 9.94 Å². The summed E-state index contributed by atoms with van der Waals surface area (Å²) in [6.45, 7) is 0.740. The largest absolute Gasteiger partial charge is 0.497 e. The van der Waals surface area contributed by atoms with Gasteiger partial charge in [0.15, 0.2) is 0 Å². The van der Waals surface area contributed by atoms with Crippen molar-refractivity contribution in [2.24, 2.45) is 0 Å². The first-order valence-corrected chi connectivity index (χ1v) is 6.22. The number of carbonyl (C=O) groups excluding carboxylic acids is 2. The van der Waals surface area contributed by atoms with Crippen LogP contribution >= 0.6 is 0 Å². The number of amides is 2. The van der Waals surface area contributed by atoms with Crippen LogP contribution in [-0.4, -0.2) is 42.1 Å². The molecule has 1 aromatic carbocycles. The van der Waals surface area contributed by atoms with Gasteiger partial charge in [-0.2, -0.15) is 0 Å². The number of nitrogens with zero attached hydrogens (tertiary/aromatic N) is 1. The first-order chi connectivity index (χ1) is 9.65. The van der Waals surface area contributed by atoms with Crippen LogP contribution in [0.5, 0.6) is 5.75 Å². The maximum absolute atomic E-state index is 12.3. The second-order valence-electron chi connectivity index (χ2n) is 4.41. The van der Waals surface area contributed by atoms with Gasteiger partial charge in [0.05, 0.1) is 13.7 Å². The second-order valence-corrected chi connectivity index (χ2v) is 4.41. The quantitative estimate of drug-likeness (QED) is 0.637. The third kappa shape index (κ3) is 2.97. The van der Waals surface area contributed by atoms with E-state index < -0.39 is 5.91 Å². The Morgan fingerprint density at radius 1 is 1.30 bits per heavy atom. The van der Waals surface area contributed by atoms with Crippen LogP contribution < -0.4 is 10.2 Å². The minimum absolute atomic E-state index is 0.149. The van der Waals surface area contributed by atoms with Crippen LogP contribution in [-0.2, 0) is 4.79 Å². The number of hydrogen-bond acceptors (Lipinski definition) is 4. The van der Waals surface area contributed by atoms with Crippen molar-refractivity contribution in [3.8, 4) is 5.75 Å². The zero-order valence-corrected chi connectivity index (χ0v) is 11.1. The van der Waals surface area contributed by atoms with Gasteiger partial charge in [-0.3, -0.25) is 14.8 Å². The van der Waals surface area contributed by atoms with Gasteiger partial charge >= 0.3 is 0 Å². The Bertz CT molecular complexity index is 537. The van der Waals surface area contributed by atoms with Crippen molar-refractivity contribution in [3.63, 3.8) is 0 Å². The number of rotatable bonds is 3. The van der Waals surface area contributed by atoms with Crippen LogP contribution in [0.1, 0.15) is 16.8 Å². The fourth-order valence-corrected chi connectivity index (χ4v) is 2.07. The van der Waals surface area contributed by atoms with Crippen LogP contribution in [0.4, 0.5) is 0 Å². The molecule has 2 rings (SSSR count). The fraction of sp³-hybridized carbons (Fsp3) is 0.286. The molecule has 0 fully saturated rings. The summed E-state index contributed by atoms with van der Waals surface area (Å²) in [7, 11) is 1.56. The van der Waals surface area contributed by atoms with Gasteiger partial charge in [-0.15, -0.1) is 0 Å². The standard InChI is InChI=1S/C14H16N2O4/c1-20-12-6-4-10(5-7-12)14(18)16-8-2-3-11(9-16)13(17)15-19/h3-7,19H,2,8-9H2,1H3,(H,15,17). The van der Waals surface area contributed by atoms with Gasteiger partial charge in [0, 0.05) is 17.7 Å². The third-order valence-corrected chi connectivity index (χ3v) is 3.17. The van der Waals surface area contributed by atoms with Crippen LogP contribution in [0, 0.1) is 0 Å². The fourth-order valence-electron chi connectivity index (χ4n) is 2.07. The average Bonchev–Trinajstić information content (AvgIpc) is 2.53. The molecule has 106 valence electrons. The van der Waals surface area contributed by atoms with Crippen molar-refractivity contribution < 1.29 is 19.5 Å². The molecule has 1 heterocycles. The van der Waals surface area contributed by atoms with E-state index in [2.05, 4.69) is 0 Å². The second kappa shape index (κ2) is 6.21. The van der Waals surface area contributed by atoms with Gasteiger partial charge in [0.1, 0.15) is 5.75 Å². The van der Waals surface area contributed by atoms with Crippen molar-refractivity contribution in [1.29, 1.82) is 0 Å². The van der Waals surface area contributed by atoms with Gasteiger partial charge in [-0.05, 0) is 30.7 Å². The topological polar surface area (TPSA) is 78.9 Å². The van der Waals surface area contributed by atoms with Gasteiger partial charge in [0.25, 0.3) is 11.8 Å². The molecule has 0 bridgehead atoms.